The third kappa shape index (κ3) is 2.72. The minimum absolute atomic E-state index is 0. The van der Waals surface area contributed by atoms with Gasteiger partial charge in [-0.25, -0.2) is 0 Å². The number of hydrogen-bond donors (Lipinski definition) is 0. The molecule has 0 aliphatic carbocycles. The number of quaternary nitrogens is 1. The predicted molar refractivity (Wildman–Crippen MR) is 52.7 cm³/mol. The van der Waals surface area contributed by atoms with E-state index in [9.17, 15) is 0 Å². The summed E-state index contributed by atoms with van der Waals surface area (Å²) < 4.78 is 0.890. The molecule has 0 saturated heterocycles. The van der Waals surface area contributed by atoms with E-state index in [2.05, 4.69) is 45.4 Å². The van der Waals surface area contributed by atoms with Crippen LogP contribution in [0.5, 0.6) is 0 Å². The van der Waals surface area contributed by atoms with Gasteiger partial charge in [-0.1, -0.05) is 25.6 Å². The van der Waals surface area contributed by atoms with Crippen molar-refractivity contribution in [3.63, 3.8) is 0 Å². The van der Waals surface area contributed by atoms with Gasteiger partial charge in [-0.15, -0.1) is 0 Å². The Balaban J connectivity index is 0.000001000. The van der Waals surface area contributed by atoms with Gasteiger partial charge in [0.15, 0.2) is 0 Å². The molecule has 0 atom stereocenters. The van der Waals surface area contributed by atoms with Crippen LogP contribution < -0.4 is 4.48 Å². The maximum Gasteiger partial charge on any atom is 0.132 e. The first kappa shape index (κ1) is 10.2. The zero-order valence-corrected chi connectivity index (χ0v) is 6.83. The van der Waals surface area contributed by atoms with E-state index >= 15 is 0 Å². The summed E-state index contributed by atoms with van der Waals surface area (Å²) in [6.45, 7) is 0. The fourth-order valence-electron chi connectivity index (χ4n) is 0.875. The third-order valence-electron chi connectivity index (χ3n) is 1.53. The number of hydrogen-bond acceptors (Lipinski definition) is 0. The van der Waals surface area contributed by atoms with Crippen molar-refractivity contribution in [2.24, 2.45) is 0 Å². The third-order valence-corrected chi connectivity index (χ3v) is 1.53. The van der Waals surface area contributed by atoms with Crippen molar-refractivity contribution in [1.82, 2.24) is 4.48 Å². The number of rotatable bonds is 1. The zero-order valence-electron chi connectivity index (χ0n) is 6.83. The van der Waals surface area contributed by atoms with Crippen LogP contribution in [0.4, 0.5) is 5.69 Å². The van der Waals surface area contributed by atoms with Crippen LogP contribution in [0.3, 0.4) is 0 Å². The summed E-state index contributed by atoms with van der Waals surface area (Å²) in [5, 5.41) is 0. The van der Waals surface area contributed by atoms with Crippen LogP contribution in [0.1, 0.15) is 7.43 Å². The summed E-state index contributed by atoms with van der Waals surface area (Å²) in [5.41, 5.74) is 1.34. The SMILES string of the molecule is C.C[N+](C)(C)c1ccccc1. The van der Waals surface area contributed by atoms with Gasteiger partial charge in [0, 0.05) is 0 Å². The number of para-hydroxylation sites is 1. The summed E-state index contributed by atoms with van der Waals surface area (Å²) in [6.07, 6.45) is 0. The lowest BCUT2D eigenvalue weighted by molar-refractivity contribution is 0.486. The molecule has 0 spiro atoms. The largest absolute Gasteiger partial charge is 0.298 e. The molecule has 0 radical (unpaired) electrons. The Hall–Kier alpha value is -0.820. The molecule has 0 aliphatic rings. The van der Waals surface area contributed by atoms with Crippen molar-refractivity contribution in [2.45, 2.75) is 7.43 Å². The van der Waals surface area contributed by atoms with Crippen LogP contribution in [-0.2, 0) is 0 Å². The van der Waals surface area contributed by atoms with E-state index in [1.165, 1.54) is 5.69 Å². The molecule has 62 valence electrons. The van der Waals surface area contributed by atoms with Crippen molar-refractivity contribution in [3.8, 4) is 0 Å². The highest BCUT2D eigenvalue weighted by Gasteiger charge is 2.08. The van der Waals surface area contributed by atoms with Crippen molar-refractivity contribution >= 4 is 5.69 Å². The molecule has 1 heteroatoms. The quantitative estimate of drug-likeness (QED) is 0.542. The van der Waals surface area contributed by atoms with E-state index in [-0.39, 0.29) is 7.43 Å². The fraction of sp³-hybridized carbons (Fsp3) is 0.400. The van der Waals surface area contributed by atoms with E-state index in [4.69, 9.17) is 0 Å². The van der Waals surface area contributed by atoms with Crippen molar-refractivity contribution in [2.75, 3.05) is 21.1 Å². The Kier molecular flexibility index (Phi) is 3.27. The molecule has 0 saturated carbocycles. The van der Waals surface area contributed by atoms with Gasteiger partial charge in [-0.2, -0.15) is 0 Å². The smallest absolute Gasteiger partial charge is 0.132 e. The van der Waals surface area contributed by atoms with Crippen LogP contribution >= 0.6 is 0 Å². The van der Waals surface area contributed by atoms with Crippen LogP contribution in [0, 0.1) is 0 Å². The average molecular weight is 152 g/mol. The van der Waals surface area contributed by atoms with Crippen molar-refractivity contribution < 1.29 is 0 Å². The second-order valence-corrected chi connectivity index (χ2v) is 3.35. The van der Waals surface area contributed by atoms with Gasteiger partial charge in [0.1, 0.15) is 5.69 Å². The van der Waals surface area contributed by atoms with Gasteiger partial charge in [-0.05, 0) is 12.1 Å². The van der Waals surface area contributed by atoms with Crippen molar-refractivity contribution in [3.05, 3.63) is 30.3 Å². The molecule has 1 aromatic carbocycles. The molecule has 0 N–H and O–H groups in total. The Bertz CT molecular complexity index is 196. The summed E-state index contributed by atoms with van der Waals surface area (Å²) >= 11 is 0. The summed E-state index contributed by atoms with van der Waals surface area (Å²) in [7, 11) is 6.49. The maximum absolute atomic E-state index is 2.16. The highest BCUT2D eigenvalue weighted by atomic mass is 15.3. The fourth-order valence-corrected chi connectivity index (χ4v) is 0.875. The number of nitrogens with zero attached hydrogens (tertiary/aromatic N) is 1. The molecule has 0 aliphatic heterocycles. The normalized spacial score (nSPS) is 10.5. The predicted octanol–water partition coefficient (Wildman–Crippen LogP) is 2.52. The zero-order chi connectivity index (χ0) is 7.61. The second kappa shape index (κ2) is 3.54. The van der Waals surface area contributed by atoms with Crippen LogP contribution in [0.15, 0.2) is 30.3 Å². The highest BCUT2D eigenvalue weighted by Crippen LogP contribution is 2.14. The molecule has 0 heterocycles. The van der Waals surface area contributed by atoms with E-state index < -0.39 is 0 Å². The molecule has 0 amide bonds. The molecule has 0 fully saturated rings. The maximum atomic E-state index is 2.16. The Morgan fingerprint density at radius 2 is 1.36 bits per heavy atom. The lowest BCUT2D eigenvalue weighted by Gasteiger charge is -2.22. The first-order chi connectivity index (χ1) is 4.61. The monoisotopic (exact) mass is 152 g/mol. The summed E-state index contributed by atoms with van der Waals surface area (Å²) in [6, 6.07) is 10.5. The van der Waals surface area contributed by atoms with Crippen molar-refractivity contribution in [1.29, 1.82) is 0 Å². The molecule has 1 rings (SSSR count). The molecule has 0 bridgehead atoms. The van der Waals surface area contributed by atoms with Crippen LogP contribution in [-0.4, -0.2) is 21.1 Å². The topological polar surface area (TPSA) is 0 Å². The van der Waals surface area contributed by atoms with Crippen LogP contribution in [0.25, 0.3) is 0 Å². The lowest BCUT2D eigenvalue weighted by atomic mass is 10.3. The second-order valence-electron chi connectivity index (χ2n) is 3.35. The molecule has 0 unspecified atom stereocenters. The Labute approximate surface area is 69.9 Å². The van der Waals surface area contributed by atoms with E-state index in [1.54, 1.807) is 0 Å². The first-order valence-corrected chi connectivity index (χ1v) is 3.48. The Morgan fingerprint density at radius 1 is 0.909 bits per heavy atom. The van der Waals surface area contributed by atoms with Gasteiger partial charge >= 0.3 is 0 Å². The van der Waals surface area contributed by atoms with Crippen LogP contribution in [0.2, 0.25) is 0 Å². The Morgan fingerprint density at radius 3 is 1.64 bits per heavy atom. The van der Waals surface area contributed by atoms with E-state index in [0.717, 1.165) is 4.48 Å². The van der Waals surface area contributed by atoms with E-state index in [0.29, 0.717) is 0 Å². The molecule has 11 heavy (non-hydrogen) atoms. The highest BCUT2D eigenvalue weighted by molar-refractivity contribution is 5.40. The standard InChI is InChI=1S/C9H14N.CH4/c1-10(2,3)9-7-5-4-6-8-9;/h4-8H,1-3H3;1H4/q+1;. The minimum Gasteiger partial charge on any atom is -0.298 e. The van der Waals surface area contributed by atoms with Gasteiger partial charge in [0.05, 0.1) is 21.1 Å². The summed E-state index contributed by atoms with van der Waals surface area (Å²) in [5.74, 6) is 0. The number of benzene rings is 1. The first-order valence-electron chi connectivity index (χ1n) is 3.48. The molecule has 1 aromatic rings. The van der Waals surface area contributed by atoms with E-state index in [1.807, 2.05) is 6.07 Å². The summed E-state index contributed by atoms with van der Waals surface area (Å²) in [4.78, 5) is 0. The lowest BCUT2D eigenvalue weighted by Crippen LogP contribution is -2.34. The van der Waals surface area contributed by atoms with Gasteiger partial charge in [0.2, 0.25) is 0 Å². The molecular formula is C10H18N+. The van der Waals surface area contributed by atoms with Gasteiger partial charge < -0.3 is 0 Å². The average Bonchev–Trinajstić information content (AvgIpc) is 1.88. The molecular weight excluding hydrogens is 134 g/mol. The minimum atomic E-state index is 0. The molecule has 1 nitrogen and oxygen atoms in total. The van der Waals surface area contributed by atoms with Gasteiger partial charge in [0.25, 0.3) is 0 Å². The molecule has 0 aromatic heterocycles. The van der Waals surface area contributed by atoms with Gasteiger partial charge in [-0.3, -0.25) is 4.48 Å².